The molecule has 0 saturated heterocycles. The molecule has 0 saturated carbocycles. The molecule has 2 aromatic rings. The molecule has 0 heterocycles. The Kier molecular flexibility index (Phi) is 6.50. The summed E-state index contributed by atoms with van der Waals surface area (Å²) in [6.45, 7) is 1.82. The fraction of sp³-hybridized carbons (Fsp3) is 0.278. The van der Waals surface area contributed by atoms with Crippen molar-refractivity contribution in [3.05, 3.63) is 59.1 Å². The predicted octanol–water partition coefficient (Wildman–Crippen LogP) is 2.82. The van der Waals surface area contributed by atoms with Gasteiger partial charge in [-0.05, 0) is 48.9 Å². The first-order valence-corrected chi connectivity index (χ1v) is 10.1. The second-order valence-corrected chi connectivity index (χ2v) is 8.07. The van der Waals surface area contributed by atoms with E-state index in [9.17, 15) is 13.2 Å². The van der Waals surface area contributed by atoms with E-state index in [1.54, 1.807) is 50.4 Å². The highest BCUT2D eigenvalue weighted by molar-refractivity contribution is 7.92. The lowest BCUT2D eigenvalue weighted by molar-refractivity contribution is -0.122. The Hall–Kier alpha value is -2.25. The Labute approximate surface area is 158 Å². The number of halogens is 1. The van der Waals surface area contributed by atoms with Crippen LogP contribution in [0.15, 0.2) is 48.5 Å². The first kappa shape index (κ1) is 20.1. The highest BCUT2D eigenvalue weighted by Gasteiger charge is 2.28. The van der Waals surface area contributed by atoms with E-state index < -0.39 is 22.0 Å². The second-order valence-electron chi connectivity index (χ2n) is 5.78. The van der Waals surface area contributed by atoms with E-state index in [-0.39, 0.29) is 6.54 Å². The lowest BCUT2D eigenvalue weighted by atomic mass is 10.2. The standard InChI is InChI=1S/C18H21ClN2O4S/c1-13(18(22)20-12-14-4-10-17(25-2)11-5-14)21(26(3,23)24)16-8-6-15(19)7-9-16/h4-11,13H,12H2,1-3H3,(H,20,22)/t13-/m0/s1. The van der Waals surface area contributed by atoms with Crippen LogP contribution in [0.2, 0.25) is 5.02 Å². The van der Waals surface area contributed by atoms with Crippen LogP contribution in [0.4, 0.5) is 5.69 Å². The van der Waals surface area contributed by atoms with Crippen LogP contribution in [-0.4, -0.2) is 33.7 Å². The average Bonchev–Trinajstić information content (AvgIpc) is 2.60. The van der Waals surface area contributed by atoms with Gasteiger partial charge in [0.25, 0.3) is 0 Å². The van der Waals surface area contributed by atoms with Crippen molar-refractivity contribution < 1.29 is 17.9 Å². The largest absolute Gasteiger partial charge is 0.497 e. The number of ether oxygens (including phenoxy) is 1. The zero-order valence-electron chi connectivity index (χ0n) is 14.8. The average molecular weight is 397 g/mol. The van der Waals surface area contributed by atoms with Crippen LogP contribution in [0.3, 0.4) is 0 Å². The molecule has 0 unspecified atom stereocenters. The van der Waals surface area contributed by atoms with Gasteiger partial charge in [0, 0.05) is 11.6 Å². The third kappa shape index (κ3) is 5.12. The Bertz CT molecular complexity index is 852. The van der Waals surface area contributed by atoms with E-state index in [0.29, 0.717) is 10.7 Å². The van der Waals surface area contributed by atoms with Crippen LogP contribution < -0.4 is 14.4 Å². The van der Waals surface area contributed by atoms with Gasteiger partial charge in [-0.15, -0.1) is 0 Å². The maximum Gasteiger partial charge on any atom is 0.243 e. The molecule has 2 rings (SSSR count). The molecular weight excluding hydrogens is 376 g/mol. The zero-order valence-corrected chi connectivity index (χ0v) is 16.3. The topological polar surface area (TPSA) is 75.7 Å². The van der Waals surface area contributed by atoms with E-state index in [1.807, 2.05) is 12.1 Å². The van der Waals surface area contributed by atoms with E-state index in [4.69, 9.17) is 16.3 Å². The summed E-state index contributed by atoms with van der Waals surface area (Å²) in [6.07, 6.45) is 1.06. The second kappa shape index (κ2) is 8.42. The van der Waals surface area contributed by atoms with Gasteiger partial charge < -0.3 is 10.1 Å². The number of methoxy groups -OCH3 is 1. The number of hydrogen-bond acceptors (Lipinski definition) is 4. The molecule has 6 nitrogen and oxygen atoms in total. The van der Waals surface area contributed by atoms with Gasteiger partial charge in [0.05, 0.1) is 19.1 Å². The van der Waals surface area contributed by atoms with Crippen LogP contribution in [0, 0.1) is 0 Å². The van der Waals surface area contributed by atoms with Gasteiger partial charge in [0.1, 0.15) is 11.8 Å². The molecule has 1 amide bonds. The number of rotatable bonds is 7. The Morgan fingerprint density at radius 2 is 1.73 bits per heavy atom. The number of carbonyl (C=O) groups excluding carboxylic acids is 1. The van der Waals surface area contributed by atoms with Crippen molar-refractivity contribution in [2.75, 3.05) is 17.7 Å². The number of carbonyl (C=O) groups is 1. The van der Waals surface area contributed by atoms with Gasteiger partial charge in [0.15, 0.2) is 0 Å². The van der Waals surface area contributed by atoms with Gasteiger partial charge in [-0.25, -0.2) is 8.42 Å². The Balaban J connectivity index is 2.12. The summed E-state index contributed by atoms with van der Waals surface area (Å²) in [5.41, 5.74) is 1.26. The molecule has 0 aliphatic rings. The molecule has 2 aromatic carbocycles. The maximum atomic E-state index is 12.5. The summed E-state index contributed by atoms with van der Waals surface area (Å²) < 4.78 is 30.6. The van der Waals surface area contributed by atoms with Crippen LogP contribution in [0.25, 0.3) is 0 Å². The molecule has 0 spiro atoms. The first-order valence-electron chi connectivity index (χ1n) is 7.88. The first-order chi connectivity index (χ1) is 12.2. The van der Waals surface area contributed by atoms with Crippen LogP contribution in [0.5, 0.6) is 5.75 Å². The minimum atomic E-state index is -3.65. The highest BCUT2D eigenvalue weighted by Crippen LogP contribution is 2.23. The van der Waals surface area contributed by atoms with Crippen molar-refractivity contribution in [2.24, 2.45) is 0 Å². The third-order valence-electron chi connectivity index (χ3n) is 3.80. The van der Waals surface area contributed by atoms with Crippen molar-refractivity contribution in [2.45, 2.75) is 19.5 Å². The van der Waals surface area contributed by atoms with E-state index in [0.717, 1.165) is 21.9 Å². The molecule has 1 N–H and O–H groups in total. The fourth-order valence-electron chi connectivity index (χ4n) is 2.48. The van der Waals surface area contributed by atoms with Gasteiger partial charge in [-0.1, -0.05) is 23.7 Å². The number of anilines is 1. The Morgan fingerprint density at radius 1 is 1.15 bits per heavy atom. The SMILES string of the molecule is COc1ccc(CNC(=O)[C@H](C)N(c2ccc(Cl)cc2)S(C)(=O)=O)cc1. The minimum Gasteiger partial charge on any atom is -0.497 e. The summed E-state index contributed by atoms with van der Waals surface area (Å²) in [7, 11) is -2.08. The summed E-state index contributed by atoms with van der Waals surface area (Å²) >= 11 is 5.86. The van der Waals surface area contributed by atoms with E-state index in [1.165, 1.54) is 0 Å². The molecule has 0 aliphatic heterocycles. The Morgan fingerprint density at radius 3 is 2.23 bits per heavy atom. The number of hydrogen-bond donors (Lipinski definition) is 1. The van der Waals surface area contributed by atoms with Gasteiger partial charge in [0.2, 0.25) is 15.9 Å². The van der Waals surface area contributed by atoms with E-state index in [2.05, 4.69) is 5.32 Å². The molecule has 8 heteroatoms. The monoisotopic (exact) mass is 396 g/mol. The number of amides is 1. The summed E-state index contributed by atoms with van der Waals surface area (Å²) in [5.74, 6) is 0.320. The molecule has 0 bridgehead atoms. The minimum absolute atomic E-state index is 0.283. The van der Waals surface area contributed by atoms with Crippen molar-refractivity contribution in [1.82, 2.24) is 5.32 Å². The summed E-state index contributed by atoms with van der Waals surface area (Å²) in [4.78, 5) is 12.5. The lowest BCUT2D eigenvalue weighted by Gasteiger charge is -2.28. The molecule has 26 heavy (non-hydrogen) atoms. The van der Waals surface area contributed by atoms with E-state index >= 15 is 0 Å². The quantitative estimate of drug-likeness (QED) is 0.780. The maximum absolute atomic E-state index is 12.5. The summed E-state index contributed by atoms with van der Waals surface area (Å²) in [6, 6.07) is 12.6. The number of sulfonamides is 1. The normalized spacial score (nSPS) is 12.3. The molecule has 0 fully saturated rings. The van der Waals surface area contributed by atoms with Gasteiger partial charge in [-0.2, -0.15) is 0 Å². The summed E-state index contributed by atoms with van der Waals surface area (Å²) in [5, 5.41) is 3.24. The lowest BCUT2D eigenvalue weighted by Crippen LogP contribution is -2.47. The van der Waals surface area contributed by atoms with Gasteiger partial charge in [-0.3, -0.25) is 9.10 Å². The van der Waals surface area contributed by atoms with Crippen LogP contribution in [-0.2, 0) is 21.4 Å². The van der Waals surface area contributed by atoms with Crippen LogP contribution in [0.1, 0.15) is 12.5 Å². The van der Waals surface area contributed by atoms with Gasteiger partial charge >= 0.3 is 0 Å². The van der Waals surface area contributed by atoms with Crippen molar-refractivity contribution >= 4 is 33.2 Å². The van der Waals surface area contributed by atoms with Crippen LogP contribution >= 0.6 is 11.6 Å². The zero-order chi connectivity index (χ0) is 19.3. The molecular formula is C18H21ClN2O4S. The van der Waals surface area contributed by atoms with Crippen molar-refractivity contribution in [3.8, 4) is 5.75 Å². The smallest absolute Gasteiger partial charge is 0.243 e. The third-order valence-corrected chi connectivity index (χ3v) is 5.29. The number of nitrogens with one attached hydrogen (secondary N) is 1. The number of nitrogens with zero attached hydrogens (tertiary/aromatic N) is 1. The molecule has 0 aromatic heterocycles. The van der Waals surface area contributed by atoms with Crippen molar-refractivity contribution in [1.29, 1.82) is 0 Å². The van der Waals surface area contributed by atoms with Crippen molar-refractivity contribution in [3.63, 3.8) is 0 Å². The molecule has 0 aliphatic carbocycles. The molecule has 1 atom stereocenters. The predicted molar refractivity (Wildman–Crippen MR) is 103 cm³/mol. The highest BCUT2D eigenvalue weighted by atomic mass is 35.5. The molecule has 0 radical (unpaired) electrons. The fourth-order valence-corrected chi connectivity index (χ4v) is 3.78. The number of benzene rings is 2. The molecule has 140 valence electrons.